The van der Waals surface area contributed by atoms with Gasteiger partial charge in [-0.15, -0.1) is 24.8 Å². The number of benzene rings is 2. The lowest BCUT2D eigenvalue weighted by Gasteiger charge is -2.19. The fraction of sp³-hybridized carbons (Fsp3) is 0.261. The Balaban J connectivity index is 0.00000400. The molecule has 1 aromatic heterocycles. The zero-order valence-electron chi connectivity index (χ0n) is 21.5. The van der Waals surface area contributed by atoms with Gasteiger partial charge >= 0.3 is 10.1 Å². The van der Waals surface area contributed by atoms with Crippen molar-refractivity contribution < 1.29 is 30.6 Å². The van der Waals surface area contributed by atoms with Crippen LogP contribution in [0.25, 0.3) is 0 Å². The van der Waals surface area contributed by atoms with Crippen molar-refractivity contribution in [3.63, 3.8) is 0 Å². The molecule has 3 rings (SSSR count). The maximum absolute atomic E-state index is 13.3. The number of ether oxygens (including phenoxy) is 1. The van der Waals surface area contributed by atoms with Crippen molar-refractivity contribution in [3.05, 3.63) is 72.3 Å². The lowest BCUT2D eigenvalue weighted by atomic mass is 10.2. The van der Waals surface area contributed by atoms with E-state index in [2.05, 4.69) is 15.1 Å². The van der Waals surface area contributed by atoms with Gasteiger partial charge in [0.25, 0.3) is 0 Å². The number of halogens is 2. The lowest BCUT2D eigenvalue weighted by molar-refractivity contribution is 0.127. The summed E-state index contributed by atoms with van der Waals surface area (Å²) < 4.78 is 65.0. The number of guanidine groups is 1. The van der Waals surface area contributed by atoms with Crippen molar-refractivity contribution in [2.45, 2.75) is 29.7 Å². The van der Waals surface area contributed by atoms with Crippen LogP contribution in [0.1, 0.15) is 17.7 Å². The molecule has 220 valence electrons. The summed E-state index contributed by atoms with van der Waals surface area (Å²) in [6, 6.07) is 9.78. The third kappa shape index (κ3) is 9.67. The molecule has 40 heavy (non-hydrogen) atoms. The standard InChI is InChI=1S/C23H28N6O7S2.2ClH/c1-17-12-19(34-10-5-11-35-28-23(24)25)14-20(13-17)36-38(32,33)22-7-4-3-6-21(22)37(30,31)29(2)16-18-15-26-8-9-27-18;;/h3-4,6-9,12-15H,5,10-11,16H2,1-2H3,(H4,24,25,28);2*1H. The highest BCUT2D eigenvalue weighted by molar-refractivity contribution is 7.91. The number of aryl methyl sites for hydroxylation is 1. The molecule has 0 aliphatic carbocycles. The number of rotatable bonds is 13. The van der Waals surface area contributed by atoms with Crippen LogP contribution >= 0.6 is 24.8 Å². The first-order valence-electron chi connectivity index (χ1n) is 11.2. The third-order valence-electron chi connectivity index (χ3n) is 4.86. The van der Waals surface area contributed by atoms with Gasteiger partial charge in [0.15, 0.2) is 0 Å². The largest absolute Gasteiger partial charge is 0.493 e. The number of oxime groups is 1. The van der Waals surface area contributed by atoms with Gasteiger partial charge in [0.2, 0.25) is 16.0 Å². The molecule has 1 heterocycles. The van der Waals surface area contributed by atoms with Crippen LogP contribution in [0.5, 0.6) is 11.5 Å². The highest BCUT2D eigenvalue weighted by Crippen LogP contribution is 2.29. The Hall–Kier alpha value is -3.37. The number of nitrogens with zero attached hydrogens (tertiary/aromatic N) is 4. The molecule has 2 aromatic carbocycles. The third-order valence-corrected chi connectivity index (χ3v) is 8.15. The predicted molar refractivity (Wildman–Crippen MR) is 152 cm³/mol. The SMILES string of the molecule is Cc1cc(OCCCON=C(N)N)cc(OS(=O)(=O)c2ccccc2S(=O)(=O)N(C)Cc2cnccn2)c1.Cl.Cl. The minimum absolute atomic E-state index is 0. The van der Waals surface area contributed by atoms with Crippen LogP contribution in [0, 0.1) is 6.92 Å². The maximum Gasteiger partial charge on any atom is 0.340 e. The minimum atomic E-state index is -4.56. The Morgan fingerprint density at radius 3 is 2.30 bits per heavy atom. The van der Waals surface area contributed by atoms with Crippen LogP contribution < -0.4 is 20.4 Å². The first-order chi connectivity index (χ1) is 18.0. The smallest absolute Gasteiger partial charge is 0.340 e. The second-order valence-electron chi connectivity index (χ2n) is 7.98. The Labute approximate surface area is 245 Å². The van der Waals surface area contributed by atoms with Crippen LogP contribution in [0.4, 0.5) is 0 Å². The number of nitrogens with two attached hydrogens (primary N) is 2. The van der Waals surface area contributed by atoms with E-state index >= 15 is 0 Å². The molecule has 0 bridgehead atoms. The van der Waals surface area contributed by atoms with E-state index in [1.54, 1.807) is 13.0 Å². The number of hydrogen-bond donors (Lipinski definition) is 2. The molecule has 0 unspecified atom stereocenters. The number of aromatic nitrogens is 2. The van der Waals surface area contributed by atoms with Crippen molar-refractivity contribution >= 4 is 50.9 Å². The monoisotopic (exact) mass is 636 g/mol. The van der Waals surface area contributed by atoms with Crippen molar-refractivity contribution in [2.75, 3.05) is 20.3 Å². The molecule has 0 fully saturated rings. The Morgan fingerprint density at radius 1 is 0.975 bits per heavy atom. The fourth-order valence-corrected chi connectivity index (χ4v) is 6.05. The molecule has 0 saturated heterocycles. The van der Waals surface area contributed by atoms with E-state index in [0.29, 0.717) is 23.4 Å². The van der Waals surface area contributed by atoms with Gasteiger partial charge in [-0.25, -0.2) is 8.42 Å². The Morgan fingerprint density at radius 2 is 1.65 bits per heavy atom. The van der Waals surface area contributed by atoms with E-state index in [-0.39, 0.29) is 56.3 Å². The Bertz CT molecular complexity index is 1490. The average molecular weight is 638 g/mol. The summed E-state index contributed by atoms with van der Waals surface area (Å²) in [4.78, 5) is 11.9. The van der Waals surface area contributed by atoms with Crippen molar-refractivity contribution in [3.8, 4) is 11.5 Å². The van der Waals surface area contributed by atoms with Crippen LogP contribution in [0.15, 0.2) is 76.0 Å². The van der Waals surface area contributed by atoms with E-state index in [1.807, 2.05) is 0 Å². The predicted octanol–water partition coefficient (Wildman–Crippen LogP) is 2.19. The maximum atomic E-state index is 13.3. The molecule has 4 N–H and O–H groups in total. The highest BCUT2D eigenvalue weighted by Gasteiger charge is 2.31. The van der Waals surface area contributed by atoms with Crippen molar-refractivity contribution in [2.24, 2.45) is 16.6 Å². The van der Waals surface area contributed by atoms with Gasteiger partial charge in [0.05, 0.1) is 18.8 Å². The zero-order valence-corrected chi connectivity index (χ0v) is 24.8. The van der Waals surface area contributed by atoms with Crippen LogP contribution in [-0.4, -0.2) is 57.3 Å². The molecule has 0 aliphatic heterocycles. The molecule has 0 radical (unpaired) electrons. The van der Waals surface area contributed by atoms with Gasteiger partial charge in [0.1, 0.15) is 27.9 Å². The second kappa shape index (κ2) is 15.4. The molecular formula is C23H30Cl2N6O7S2. The topological polar surface area (TPSA) is 189 Å². The van der Waals surface area contributed by atoms with Gasteiger partial charge in [-0.2, -0.15) is 12.7 Å². The molecule has 13 nitrogen and oxygen atoms in total. The van der Waals surface area contributed by atoms with Gasteiger partial charge < -0.3 is 25.2 Å². The van der Waals surface area contributed by atoms with Gasteiger partial charge in [-0.1, -0.05) is 12.1 Å². The zero-order chi connectivity index (χ0) is 27.8. The van der Waals surface area contributed by atoms with Crippen LogP contribution in [-0.2, 0) is 31.5 Å². The van der Waals surface area contributed by atoms with E-state index in [0.717, 1.165) is 4.31 Å². The molecule has 0 aliphatic rings. The average Bonchev–Trinajstić information content (AvgIpc) is 2.86. The van der Waals surface area contributed by atoms with E-state index in [9.17, 15) is 16.8 Å². The number of sulfonamides is 1. The van der Waals surface area contributed by atoms with E-state index < -0.39 is 29.9 Å². The number of hydrogen-bond acceptors (Lipinski definition) is 10. The van der Waals surface area contributed by atoms with Crippen molar-refractivity contribution in [1.82, 2.24) is 14.3 Å². The van der Waals surface area contributed by atoms with Crippen LogP contribution in [0.2, 0.25) is 0 Å². The quantitative estimate of drug-likeness (QED) is 0.0919. The molecule has 0 saturated carbocycles. The summed E-state index contributed by atoms with van der Waals surface area (Å²) in [6.07, 6.45) is 4.77. The summed E-state index contributed by atoms with van der Waals surface area (Å²) in [5.41, 5.74) is 11.4. The molecule has 17 heteroatoms. The summed E-state index contributed by atoms with van der Waals surface area (Å²) in [5.74, 6) is 0.109. The summed E-state index contributed by atoms with van der Waals surface area (Å²) in [6.45, 7) is 2.06. The molecule has 0 amide bonds. The molecule has 0 spiro atoms. The second-order valence-corrected chi connectivity index (χ2v) is 11.5. The Kier molecular flexibility index (Phi) is 13.4. The van der Waals surface area contributed by atoms with Crippen molar-refractivity contribution in [1.29, 1.82) is 0 Å². The van der Waals surface area contributed by atoms with Gasteiger partial charge in [-0.05, 0) is 41.9 Å². The van der Waals surface area contributed by atoms with Gasteiger partial charge in [0, 0.05) is 38.1 Å². The normalized spacial score (nSPS) is 11.1. The lowest BCUT2D eigenvalue weighted by Crippen LogP contribution is -2.28. The van der Waals surface area contributed by atoms with E-state index in [1.165, 1.54) is 62.0 Å². The first-order valence-corrected chi connectivity index (χ1v) is 14.0. The molecular weight excluding hydrogens is 607 g/mol. The highest BCUT2D eigenvalue weighted by atomic mass is 35.5. The minimum Gasteiger partial charge on any atom is -0.493 e. The van der Waals surface area contributed by atoms with Crippen LogP contribution in [0.3, 0.4) is 0 Å². The van der Waals surface area contributed by atoms with E-state index in [4.69, 9.17) is 25.2 Å². The fourth-order valence-electron chi connectivity index (χ4n) is 3.21. The summed E-state index contributed by atoms with van der Waals surface area (Å²) in [7, 11) is -7.47. The molecule has 3 aromatic rings. The molecule has 0 atom stereocenters. The summed E-state index contributed by atoms with van der Waals surface area (Å²) in [5, 5.41) is 3.40. The van der Waals surface area contributed by atoms with Gasteiger partial charge in [-0.3, -0.25) is 9.97 Å². The summed E-state index contributed by atoms with van der Waals surface area (Å²) >= 11 is 0. The first kappa shape index (κ1) is 34.7.